The van der Waals surface area contributed by atoms with Crippen molar-refractivity contribution in [1.29, 1.82) is 0 Å². The molecule has 134 valence electrons. The minimum Gasteiger partial charge on any atom is -0.332 e. The molecule has 0 spiro atoms. The molecule has 1 amide bonds. The molecule has 0 saturated heterocycles. The van der Waals surface area contributed by atoms with Crippen molar-refractivity contribution in [3.63, 3.8) is 0 Å². The van der Waals surface area contributed by atoms with Gasteiger partial charge in [0.2, 0.25) is 5.91 Å². The van der Waals surface area contributed by atoms with Crippen molar-refractivity contribution >= 4 is 16.8 Å². The number of hydrogen-bond acceptors (Lipinski definition) is 3. The van der Waals surface area contributed by atoms with E-state index in [4.69, 9.17) is 0 Å². The maximum Gasteiger partial charge on any atom is 0.258 e. The zero-order chi connectivity index (χ0) is 17.6. The van der Waals surface area contributed by atoms with Crippen LogP contribution in [0.2, 0.25) is 0 Å². The number of hydrogen-bond donors (Lipinski definition) is 1. The predicted octanol–water partition coefficient (Wildman–Crippen LogP) is 3.77. The predicted molar refractivity (Wildman–Crippen MR) is 99.3 cm³/mol. The standard InChI is InChI=1S/C20H27N3O2/c1-2-3-13-19(24)23(15-9-5-4-6-10-15)14-18-21-17-12-8-7-11-16(17)20(25)22-18/h7-8,11-12,15H,2-6,9-10,13-14H2,1H3,(H,21,22,25). The SMILES string of the molecule is CCCCC(=O)N(Cc1nc2ccccc2c(=O)[nH]1)C1CCCCC1. The summed E-state index contributed by atoms with van der Waals surface area (Å²) in [7, 11) is 0. The van der Waals surface area contributed by atoms with Crippen LogP contribution in [0.25, 0.3) is 10.9 Å². The van der Waals surface area contributed by atoms with Gasteiger partial charge in [0.05, 0.1) is 17.4 Å². The van der Waals surface area contributed by atoms with Crippen LogP contribution in [-0.2, 0) is 11.3 Å². The second kappa shape index (κ2) is 8.28. The van der Waals surface area contributed by atoms with Crippen LogP contribution in [0.5, 0.6) is 0 Å². The molecule has 1 fully saturated rings. The number of para-hydroxylation sites is 1. The topological polar surface area (TPSA) is 66.1 Å². The van der Waals surface area contributed by atoms with Crippen LogP contribution in [0.1, 0.15) is 64.1 Å². The normalized spacial score (nSPS) is 15.4. The van der Waals surface area contributed by atoms with Crippen molar-refractivity contribution < 1.29 is 4.79 Å². The molecule has 1 aliphatic rings. The molecule has 5 heteroatoms. The number of nitrogens with one attached hydrogen (secondary N) is 1. The van der Waals surface area contributed by atoms with Crippen molar-refractivity contribution in [3.8, 4) is 0 Å². The van der Waals surface area contributed by atoms with E-state index in [-0.39, 0.29) is 17.5 Å². The number of carbonyl (C=O) groups excluding carboxylic acids is 1. The maximum atomic E-state index is 12.8. The molecular formula is C20H27N3O2. The van der Waals surface area contributed by atoms with E-state index in [2.05, 4.69) is 16.9 Å². The lowest BCUT2D eigenvalue weighted by Gasteiger charge is -2.34. The fourth-order valence-electron chi connectivity index (χ4n) is 3.66. The third-order valence-electron chi connectivity index (χ3n) is 5.06. The van der Waals surface area contributed by atoms with Crippen LogP contribution < -0.4 is 5.56 Å². The second-order valence-corrected chi connectivity index (χ2v) is 6.95. The third kappa shape index (κ3) is 4.27. The van der Waals surface area contributed by atoms with Crippen LogP contribution in [0, 0.1) is 0 Å². The lowest BCUT2D eigenvalue weighted by Crippen LogP contribution is -2.41. The first-order valence-corrected chi connectivity index (χ1v) is 9.46. The van der Waals surface area contributed by atoms with Gasteiger partial charge in [0, 0.05) is 12.5 Å². The summed E-state index contributed by atoms with van der Waals surface area (Å²) in [4.78, 5) is 34.5. The van der Waals surface area contributed by atoms with Gasteiger partial charge in [0.15, 0.2) is 0 Å². The second-order valence-electron chi connectivity index (χ2n) is 6.95. The first kappa shape index (κ1) is 17.6. The van der Waals surface area contributed by atoms with E-state index in [1.807, 2.05) is 23.1 Å². The van der Waals surface area contributed by atoms with Crippen molar-refractivity contribution in [2.75, 3.05) is 0 Å². The summed E-state index contributed by atoms with van der Waals surface area (Å²) in [6, 6.07) is 7.61. The van der Waals surface area contributed by atoms with Gasteiger partial charge in [0.25, 0.3) is 5.56 Å². The summed E-state index contributed by atoms with van der Waals surface area (Å²) in [5, 5.41) is 0.591. The molecule has 0 aliphatic heterocycles. The zero-order valence-corrected chi connectivity index (χ0v) is 15.0. The van der Waals surface area contributed by atoms with Gasteiger partial charge in [-0.3, -0.25) is 9.59 Å². The van der Waals surface area contributed by atoms with E-state index >= 15 is 0 Å². The van der Waals surface area contributed by atoms with Crippen molar-refractivity contribution in [3.05, 3.63) is 40.4 Å². The molecule has 1 heterocycles. The summed E-state index contributed by atoms with van der Waals surface area (Å²) in [6.45, 7) is 2.49. The molecule has 25 heavy (non-hydrogen) atoms. The number of nitrogens with zero attached hydrogens (tertiary/aromatic N) is 2. The number of aromatic nitrogens is 2. The van der Waals surface area contributed by atoms with Gasteiger partial charge in [-0.1, -0.05) is 44.7 Å². The largest absolute Gasteiger partial charge is 0.332 e. The summed E-state index contributed by atoms with van der Waals surface area (Å²) in [5.74, 6) is 0.767. The molecule has 1 saturated carbocycles. The summed E-state index contributed by atoms with van der Waals surface area (Å²) in [6.07, 6.45) is 8.18. The minimum absolute atomic E-state index is 0.134. The van der Waals surface area contributed by atoms with Crippen LogP contribution in [0.15, 0.2) is 29.1 Å². The zero-order valence-electron chi connectivity index (χ0n) is 15.0. The van der Waals surface area contributed by atoms with Gasteiger partial charge >= 0.3 is 0 Å². The highest BCUT2D eigenvalue weighted by atomic mass is 16.2. The molecule has 0 radical (unpaired) electrons. The first-order valence-electron chi connectivity index (χ1n) is 9.46. The van der Waals surface area contributed by atoms with E-state index in [0.29, 0.717) is 29.7 Å². The summed E-state index contributed by atoms with van der Waals surface area (Å²) < 4.78 is 0. The van der Waals surface area contributed by atoms with Gasteiger partial charge in [-0.25, -0.2) is 4.98 Å². The monoisotopic (exact) mass is 341 g/mol. The van der Waals surface area contributed by atoms with Gasteiger partial charge in [-0.15, -0.1) is 0 Å². The Morgan fingerprint density at radius 2 is 2.00 bits per heavy atom. The highest BCUT2D eigenvalue weighted by Gasteiger charge is 2.26. The highest BCUT2D eigenvalue weighted by Crippen LogP contribution is 2.24. The quantitative estimate of drug-likeness (QED) is 0.869. The number of fused-ring (bicyclic) bond motifs is 1. The summed E-state index contributed by atoms with van der Waals surface area (Å²) >= 11 is 0. The lowest BCUT2D eigenvalue weighted by molar-refractivity contribution is -0.135. The van der Waals surface area contributed by atoms with Crippen LogP contribution in [0.3, 0.4) is 0 Å². The number of benzene rings is 1. The molecule has 2 aromatic rings. The van der Waals surface area contributed by atoms with Gasteiger partial charge in [-0.2, -0.15) is 0 Å². The third-order valence-corrected chi connectivity index (χ3v) is 5.06. The van der Waals surface area contributed by atoms with E-state index in [0.717, 1.165) is 25.7 Å². The van der Waals surface area contributed by atoms with E-state index < -0.39 is 0 Å². The van der Waals surface area contributed by atoms with Crippen LogP contribution in [0.4, 0.5) is 0 Å². The average Bonchev–Trinajstić information content (AvgIpc) is 2.65. The Morgan fingerprint density at radius 1 is 1.24 bits per heavy atom. The highest BCUT2D eigenvalue weighted by molar-refractivity contribution is 5.78. The van der Waals surface area contributed by atoms with Crippen LogP contribution in [-0.4, -0.2) is 26.8 Å². The number of carbonyl (C=O) groups is 1. The molecule has 0 unspecified atom stereocenters. The van der Waals surface area contributed by atoms with Crippen molar-refractivity contribution in [2.24, 2.45) is 0 Å². The lowest BCUT2D eigenvalue weighted by atomic mass is 9.93. The fourth-order valence-corrected chi connectivity index (χ4v) is 3.66. The van der Waals surface area contributed by atoms with Crippen molar-refractivity contribution in [2.45, 2.75) is 70.9 Å². The Balaban J connectivity index is 1.86. The van der Waals surface area contributed by atoms with Gasteiger partial charge in [0.1, 0.15) is 5.82 Å². The number of aromatic amines is 1. The average molecular weight is 341 g/mol. The smallest absolute Gasteiger partial charge is 0.258 e. The molecule has 1 N–H and O–H groups in total. The maximum absolute atomic E-state index is 12.8. The summed E-state index contributed by atoms with van der Waals surface area (Å²) in [5.41, 5.74) is 0.552. The van der Waals surface area contributed by atoms with Crippen molar-refractivity contribution in [1.82, 2.24) is 14.9 Å². The molecule has 1 aliphatic carbocycles. The fraction of sp³-hybridized carbons (Fsp3) is 0.550. The van der Waals surface area contributed by atoms with E-state index in [1.54, 1.807) is 6.07 Å². The van der Waals surface area contributed by atoms with E-state index in [9.17, 15) is 9.59 Å². The molecule has 1 aromatic carbocycles. The minimum atomic E-state index is -0.134. The Hall–Kier alpha value is -2.17. The van der Waals surface area contributed by atoms with E-state index in [1.165, 1.54) is 19.3 Å². The Morgan fingerprint density at radius 3 is 2.76 bits per heavy atom. The van der Waals surface area contributed by atoms with Crippen LogP contribution >= 0.6 is 0 Å². The molecule has 5 nitrogen and oxygen atoms in total. The van der Waals surface area contributed by atoms with Gasteiger partial charge in [-0.05, 0) is 31.4 Å². The Kier molecular flexibility index (Phi) is 5.84. The molecule has 0 atom stereocenters. The molecule has 3 rings (SSSR count). The first-order chi connectivity index (χ1) is 12.2. The number of amides is 1. The molecule has 0 bridgehead atoms. The van der Waals surface area contributed by atoms with Gasteiger partial charge < -0.3 is 9.88 Å². The number of unbranched alkanes of at least 4 members (excludes halogenated alkanes) is 1. The molecular weight excluding hydrogens is 314 g/mol. The Bertz CT molecular complexity index is 778. The number of rotatable bonds is 6. The molecule has 1 aromatic heterocycles. The Labute approximate surface area is 148 Å². The number of H-pyrrole nitrogens is 1.